The Bertz CT molecular complexity index is 795. The van der Waals surface area contributed by atoms with Gasteiger partial charge in [0.15, 0.2) is 9.66 Å². The Hall–Kier alpha value is -2.06. The Labute approximate surface area is 122 Å². The van der Waals surface area contributed by atoms with Crippen LogP contribution in [0.2, 0.25) is 0 Å². The maximum atomic E-state index is 4.66. The van der Waals surface area contributed by atoms with E-state index >= 15 is 0 Å². The monoisotopic (exact) mass is 302 g/mol. The zero-order chi connectivity index (χ0) is 13.7. The van der Waals surface area contributed by atoms with E-state index in [0.29, 0.717) is 0 Å². The van der Waals surface area contributed by atoms with Crippen molar-refractivity contribution in [3.05, 3.63) is 24.5 Å². The van der Waals surface area contributed by atoms with Gasteiger partial charge in [0.1, 0.15) is 10.0 Å². The molecule has 8 heteroatoms. The minimum absolute atomic E-state index is 0.954. The highest BCUT2D eigenvalue weighted by molar-refractivity contribution is 7.29. The summed E-state index contributed by atoms with van der Waals surface area (Å²) in [6.45, 7) is 0. The molecule has 4 aromatic rings. The first-order chi connectivity index (χ1) is 9.72. The van der Waals surface area contributed by atoms with E-state index in [1.807, 2.05) is 35.6 Å². The maximum Gasteiger partial charge on any atom is 0.156 e. The molecule has 0 aliphatic rings. The number of aryl methyl sites for hydroxylation is 2. The van der Waals surface area contributed by atoms with Crippen molar-refractivity contribution in [1.29, 1.82) is 0 Å². The van der Waals surface area contributed by atoms with Crippen LogP contribution < -0.4 is 0 Å². The molecule has 4 rings (SSSR count). The number of aromatic nitrogens is 6. The summed E-state index contributed by atoms with van der Waals surface area (Å²) in [6, 6.07) is 3.93. The highest BCUT2D eigenvalue weighted by Crippen LogP contribution is 2.35. The smallest absolute Gasteiger partial charge is 0.156 e. The summed E-state index contributed by atoms with van der Waals surface area (Å²) < 4.78 is 3.65. The van der Waals surface area contributed by atoms with E-state index in [0.717, 1.165) is 31.1 Å². The molecule has 20 heavy (non-hydrogen) atoms. The molecule has 0 atom stereocenters. The number of nitrogens with zero attached hydrogens (tertiary/aromatic N) is 6. The van der Waals surface area contributed by atoms with E-state index in [9.17, 15) is 0 Å². The van der Waals surface area contributed by atoms with Crippen molar-refractivity contribution in [1.82, 2.24) is 29.5 Å². The van der Waals surface area contributed by atoms with Crippen LogP contribution in [0.3, 0.4) is 0 Å². The molecule has 0 saturated carbocycles. The molecule has 0 N–H and O–H groups in total. The first-order valence-corrected chi connectivity index (χ1v) is 7.60. The summed E-state index contributed by atoms with van der Waals surface area (Å²) in [7, 11) is 3.83. The van der Waals surface area contributed by atoms with Gasteiger partial charge in [0.05, 0.1) is 11.4 Å². The molecule has 0 aliphatic heterocycles. The van der Waals surface area contributed by atoms with E-state index in [1.165, 1.54) is 0 Å². The second-order valence-electron chi connectivity index (χ2n) is 4.33. The molecule has 6 nitrogen and oxygen atoms in total. The van der Waals surface area contributed by atoms with Gasteiger partial charge in [-0.15, -0.1) is 0 Å². The number of rotatable bonds is 2. The second kappa shape index (κ2) is 4.22. The van der Waals surface area contributed by atoms with E-state index in [2.05, 4.69) is 20.2 Å². The van der Waals surface area contributed by atoms with Crippen molar-refractivity contribution >= 4 is 32.3 Å². The van der Waals surface area contributed by atoms with Gasteiger partial charge in [-0.25, -0.2) is 9.97 Å². The molecule has 0 amide bonds. The predicted octanol–water partition coefficient (Wildman–Crippen LogP) is 2.55. The zero-order valence-corrected chi connectivity index (χ0v) is 12.4. The molecule has 0 aromatic carbocycles. The van der Waals surface area contributed by atoms with Crippen LogP contribution >= 0.6 is 22.7 Å². The van der Waals surface area contributed by atoms with E-state index in [4.69, 9.17) is 0 Å². The Morgan fingerprint density at radius 2 is 1.25 bits per heavy atom. The van der Waals surface area contributed by atoms with E-state index in [1.54, 1.807) is 35.1 Å². The minimum Gasteiger partial charge on any atom is -0.266 e. The van der Waals surface area contributed by atoms with Crippen LogP contribution in [0.5, 0.6) is 0 Å². The van der Waals surface area contributed by atoms with Gasteiger partial charge in [0.25, 0.3) is 0 Å². The average molecular weight is 302 g/mol. The van der Waals surface area contributed by atoms with E-state index < -0.39 is 0 Å². The first-order valence-electron chi connectivity index (χ1n) is 5.96. The lowest BCUT2D eigenvalue weighted by Crippen LogP contribution is -1.92. The third-order valence-electron chi connectivity index (χ3n) is 3.06. The summed E-state index contributed by atoms with van der Waals surface area (Å²) in [5, 5.41) is 10.3. The van der Waals surface area contributed by atoms with Gasteiger partial charge in [-0.1, -0.05) is 22.7 Å². The van der Waals surface area contributed by atoms with Gasteiger partial charge < -0.3 is 0 Å². The Balaban J connectivity index is 1.82. The van der Waals surface area contributed by atoms with Crippen molar-refractivity contribution in [2.24, 2.45) is 14.1 Å². The summed E-state index contributed by atoms with van der Waals surface area (Å²) in [5.41, 5.74) is 2.03. The van der Waals surface area contributed by atoms with Crippen molar-refractivity contribution in [3.8, 4) is 21.4 Å². The molecule has 0 unspecified atom stereocenters. The standard InChI is InChI=1S/C12H10N6S2/c1-17-7(3-5-13-17)9-15-11-12(19-9)16-10(20-11)8-4-6-14-18(8)2/h3-6H,1-2H3. The third kappa shape index (κ3) is 1.69. The van der Waals surface area contributed by atoms with Gasteiger partial charge >= 0.3 is 0 Å². The first kappa shape index (κ1) is 11.7. The fourth-order valence-corrected chi connectivity index (χ4v) is 4.18. The fourth-order valence-electron chi connectivity index (χ4n) is 2.03. The Kier molecular flexibility index (Phi) is 2.48. The Morgan fingerprint density at radius 1 is 0.800 bits per heavy atom. The van der Waals surface area contributed by atoms with Crippen LogP contribution in [0.1, 0.15) is 0 Å². The highest BCUT2D eigenvalue weighted by atomic mass is 32.1. The minimum atomic E-state index is 0.954. The third-order valence-corrected chi connectivity index (χ3v) is 5.13. The molecule has 0 radical (unpaired) electrons. The molecular weight excluding hydrogens is 292 g/mol. The molecule has 100 valence electrons. The van der Waals surface area contributed by atoms with Gasteiger partial charge in [-0.05, 0) is 12.1 Å². The summed E-state index contributed by atoms with van der Waals surface area (Å²) >= 11 is 3.18. The lowest BCUT2D eigenvalue weighted by molar-refractivity contribution is 0.775. The fraction of sp³-hybridized carbons (Fsp3) is 0.167. The summed E-state index contributed by atoms with van der Waals surface area (Å²) in [6.07, 6.45) is 3.55. The van der Waals surface area contributed by atoms with Gasteiger partial charge in [0, 0.05) is 26.5 Å². The van der Waals surface area contributed by atoms with Crippen LogP contribution in [0, 0.1) is 0 Å². The van der Waals surface area contributed by atoms with Gasteiger partial charge in [-0.2, -0.15) is 10.2 Å². The molecular formula is C12H10N6S2. The lowest BCUT2D eigenvalue weighted by atomic mass is 10.4. The molecule has 4 aromatic heterocycles. The van der Waals surface area contributed by atoms with Crippen LogP contribution in [-0.4, -0.2) is 29.5 Å². The number of hydrogen-bond acceptors (Lipinski definition) is 6. The molecule has 0 fully saturated rings. The van der Waals surface area contributed by atoms with Crippen LogP contribution in [0.25, 0.3) is 31.1 Å². The quantitative estimate of drug-likeness (QED) is 0.571. The van der Waals surface area contributed by atoms with Crippen molar-refractivity contribution in [3.63, 3.8) is 0 Å². The molecule has 0 aliphatic carbocycles. The number of hydrogen-bond donors (Lipinski definition) is 0. The zero-order valence-electron chi connectivity index (χ0n) is 10.8. The van der Waals surface area contributed by atoms with Gasteiger partial charge in [0.2, 0.25) is 0 Å². The van der Waals surface area contributed by atoms with Crippen molar-refractivity contribution < 1.29 is 0 Å². The van der Waals surface area contributed by atoms with Crippen LogP contribution in [0.4, 0.5) is 0 Å². The Morgan fingerprint density at radius 3 is 1.60 bits per heavy atom. The lowest BCUT2D eigenvalue weighted by Gasteiger charge is -1.96. The molecule has 0 saturated heterocycles. The van der Waals surface area contributed by atoms with E-state index in [-0.39, 0.29) is 0 Å². The summed E-state index contributed by atoms with van der Waals surface area (Å²) in [4.78, 5) is 11.2. The van der Waals surface area contributed by atoms with Crippen LogP contribution in [-0.2, 0) is 14.1 Å². The molecule has 4 heterocycles. The molecule has 0 spiro atoms. The number of thiazole rings is 2. The average Bonchev–Trinajstić information content (AvgIpc) is 3.10. The van der Waals surface area contributed by atoms with Crippen LogP contribution in [0.15, 0.2) is 24.5 Å². The second-order valence-corrected chi connectivity index (χ2v) is 6.28. The normalized spacial score (nSPS) is 11.5. The topological polar surface area (TPSA) is 61.4 Å². The largest absolute Gasteiger partial charge is 0.266 e. The predicted molar refractivity (Wildman–Crippen MR) is 79.7 cm³/mol. The summed E-state index contributed by atoms with van der Waals surface area (Å²) in [5.74, 6) is 0. The SMILES string of the molecule is Cn1nccc1-c1nc2sc(-c3ccnn3C)nc2s1. The highest BCUT2D eigenvalue weighted by Gasteiger charge is 2.15. The number of fused-ring (bicyclic) bond motifs is 1. The van der Waals surface area contributed by atoms with Crippen molar-refractivity contribution in [2.75, 3.05) is 0 Å². The van der Waals surface area contributed by atoms with Crippen molar-refractivity contribution in [2.45, 2.75) is 0 Å². The van der Waals surface area contributed by atoms with Gasteiger partial charge in [-0.3, -0.25) is 9.36 Å². The maximum absolute atomic E-state index is 4.66. The molecule has 0 bridgehead atoms.